The molecule has 18 heavy (non-hydrogen) atoms. The minimum atomic E-state index is 0.731. The molecule has 0 saturated carbocycles. The lowest BCUT2D eigenvalue weighted by Crippen LogP contribution is -2.25. The van der Waals surface area contributed by atoms with Gasteiger partial charge in [0.2, 0.25) is 0 Å². The molecule has 0 fully saturated rings. The highest BCUT2D eigenvalue weighted by Crippen LogP contribution is 2.16. The van der Waals surface area contributed by atoms with Gasteiger partial charge in [0.25, 0.3) is 0 Å². The van der Waals surface area contributed by atoms with E-state index in [0.717, 1.165) is 31.2 Å². The lowest BCUT2D eigenvalue weighted by Gasteiger charge is -2.16. The fourth-order valence-corrected chi connectivity index (χ4v) is 1.73. The van der Waals surface area contributed by atoms with Crippen LogP contribution in [0.2, 0.25) is 0 Å². The average molecular weight is 251 g/mol. The first-order valence-corrected chi connectivity index (χ1v) is 6.71. The molecule has 3 heteroatoms. The number of hydrogen-bond acceptors (Lipinski definition) is 3. The molecule has 0 bridgehead atoms. The van der Waals surface area contributed by atoms with Gasteiger partial charge in [-0.3, -0.25) is 0 Å². The normalized spacial score (nSPS) is 10.7. The van der Waals surface area contributed by atoms with E-state index in [0.29, 0.717) is 0 Å². The molecule has 0 aromatic heterocycles. The number of likely N-dealkylation sites (N-methyl/N-ethyl adjacent to an activating group) is 1. The minimum Gasteiger partial charge on any atom is -0.497 e. The molecule has 0 heterocycles. The van der Waals surface area contributed by atoms with Gasteiger partial charge in [-0.1, -0.05) is 19.8 Å². The number of nitrogens with zero attached hydrogens (tertiary/aromatic N) is 1. The monoisotopic (exact) mass is 251 g/mol. The van der Waals surface area contributed by atoms with Gasteiger partial charge in [0.1, 0.15) is 18.1 Å². The van der Waals surface area contributed by atoms with Crippen LogP contribution in [0.3, 0.4) is 0 Å². The maximum atomic E-state index is 5.69. The zero-order valence-electron chi connectivity index (χ0n) is 11.8. The molecular weight excluding hydrogens is 226 g/mol. The van der Waals surface area contributed by atoms with Gasteiger partial charge < -0.3 is 14.4 Å². The molecule has 1 rings (SSSR count). The van der Waals surface area contributed by atoms with E-state index in [-0.39, 0.29) is 0 Å². The SMILES string of the molecule is CCCCCN(C)CCOc1ccc(OC)cc1. The first-order valence-electron chi connectivity index (χ1n) is 6.71. The van der Waals surface area contributed by atoms with Gasteiger partial charge in [-0.15, -0.1) is 0 Å². The highest BCUT2D eigenvalue weighted by molar-refractivity contribution is 5.31. The summed E-state index contributed by atoms with van der Waals surface area (Å²) in [4.78, 5) is 2.32. The second kappa shape index (κ2) is 8.81. The molecule has 0 radical (unpaired) electrons. The summed E-state index contributed by atoms with van der Waals surface area (Å²) in [5.41, 5.74) is 0. The van der Waals surface area contributed by atoms with Crippen LogP contribution in [0, 0.1) is 0 Å². The smallest absolute Gasteiger partial charge is 0.119 e. The molecule has 1 aromatic carbocycles. The van der Waals surface area contributed by atoms with Crippen molar-refractivity contribution in [1.82, 2.24) is 4.90 Å². The van der Waals surface area contributed by atoms with Crippen molar-refractivity contribution in [3.63, 3.8) is 0 Å². The van der Waals surface area contributed by atoms with Crippen LogP contribution >= 0.6 is 0 Å². The van der Waals surface area contributed by atoms with Gasteiger partial charge in [0.05, 0.1) is 7.11 Å². The maximum Gasteiger partial charge on any atom is 0.119 e. The second-order valence-corrected chi connectivity index (χ2v) is 4.53. The molecule has 0 aliphatic carbocycles. The van der Waals surface area contributed by atoms with Crippen molar-refractivity contribution in [3.8, 4) is 11.5 Å². The number of methoxy groups -OCH3 is 1. The Labute approximate surface area is 111 Å². The third kappa shape index (κ3) is 5.92. The maximum absolute atomic E-state index is 5.69. The van der Waals surface area contributed by atoms with Crippen molar-refractivity contribution in [1.29, 1.82) is 0 Å². The van der Waals surface area contributed by atoms with Crippen LogP contribution in [0.25, 0.3) is 0 Å². The van der Waals surface area contributed by atoms with E-state index in [1.54, 1.807) is 7.11 Å². The number of rotatable bonds is 9. The predicted molar refractivity (Wildman–Crippen MR) is 75.5 cm³/mol. The predicted octanol–water partition coefficient (Wildman–Crippen LogP) is 3.20. The van der Waals surface area contributed by atoms with Crippen LogP contribution in [0.5, 0.6) is 11.5 Å². The van der Waals surface area contributed by atoms with Crippen molar-refractivity contribution < 1.29 is 9.47 Å². The van der Waals surface area contributed by atoms with Crippen molar-refractivity contribution in [2.75, 3.05) is 33.9 Å². The van der Waals surface area contributed by atoms with Gasteiger partial charge in [-0.05, 0) is 44.3 Å². The van der Waals surface area contributed by atoms with Crippen molar-refractivity contribution in [2.24, 2.45) is 0 Å². The molecule has 0 aliphatic rings. The summed E-state index contributed by atoms with van der Waals surface area (Å²) in [7, 11) is 3.81. The van der Waals surface area contributed by atoms with E-state index in [1.165, 1.54) is 19.3 Å². The number of ether oxygens (including phenoxy) is 2. The van der Waals surface area contributed by atoms with Crippen LogP contribution in [-0.4, -0.2) is 38.8 Å². The molecule has 1 aromatic rings. The number of benzene rings is 1. The van der Waals surface area contributed by atoms with E-state index >= 15 is 0 Å². The topological polar surface area (TPSA) is 21.7 Å². The summed E-state index contributed by atoms with van der Waals surface area (Å²) < 4.78 is 10.8. The zero-order valence-corrected chi connectivity index (χ0v) is 11.8. The highest BCUT2D eigenvalue weighted by atomic mass is 16.5. The molecule has 0 spiro atoms. The Balaban J connectivity index is 2.16. The summed E-state index contributed by atoms with van der Waals surface area (Å²) >= 11 is 0. The molecule has 102 valence electrons. The van der Waals surface area contributed by atoms with Crippen LogP contribution in [-0.2, 0) is 0 Å². The van der Waals surface area contributed by atoms with Crippen LogP contribution in [0.15, 0.2) is 24.3 Å². The molecule has 0 atom stereocenters. The fourth-order valence-electron chi connectivity index (χ4n) is 1.73. The molecule has 0 aliphatic heterocycles. The lowest BCUT2D eigenvalue weighted by atomic mass is 10.2. The molecule has 0 N–H and O–H groups in total. The van der Waals surface area contributed by atoms with Gasteiger partial charge >= 0.3 is 0 Å². The Morgan fingerprint density at radius 2 is 1.67 bits per heavy atom. The summed E-state index contributed by atoms with van der Waals surface area (Å²) in [5, 5.41) is 0. The molecule has 0 amide bonds. The van der Waals surface area contributed by atoms with E-state index in [1.807, 2.05) is 24.3 Å². The van der Waals surface area contributed by atoms with Crippen molar-refractivity contribution in [2.45, 2.75) is 26.2 Å². The Bertz CT molecular complexity index is 311. The van der Waals surface area contributed by atoms with Gasteiger partial charge in [-0.25, -0.2) is 0 Å². The Hall–Kier alpha value is -1.22. The Kier molecular flexibility index (Phi) is 7.26. The second-order valence-electron chi connectivity index (χ2n) is 4.53. The first kappa shape index (κ1) is 14.8. The number of unbranched alkanes of at least 4 members (excludes halogenated alkanes) is 2. The summed E-state index contributed by atoms with van der Waals surface area (Å²) in [6, 6.07) is 7.71. The van der Waals surface area contributed by atoms with Crippen LogP contribution in [0.1, 0.15) is 26.2 Å². The fraction of sp³-hybridized carbons (Fsp3) is 0.600. The standard InChI is InChI=1S/C15H25NO2/c1-4-5-6-11-16(2)12-13-18-15-9-7-14(17-3)8-10-15/h7-10H,4-6,11-13H2,1-3H3. The van der Waals surface area contributed by atoms with Gasteiger partial charge in [0, 0.05) is 6.54 Å². The van der Waals surface area contributed by atoms with Crippen molar-refractivity contribution in [3.05, 3.63) is 24.3 Å². The number of hydrogen-bond donors (Lipinski definition) is 0. The van der Waals surface area contributed by atoms with E-state index in [2.05, 4.69) is 18.9 Å². The first-order chi connectivity index (χ1) is 8.76. The Morgan fingerprint density at radius 3 is 2.28 bits per heavy atom. The highest BCUT2D eigenvalue weighted by Gasteiger charge is 1.99. The van der Waals surface area contributed by atoms with Gasteiger partial charge in [-0.2, -0.15) is 0 Å². The largest absolute Gasteiger partial charge is 0.497 e. The minimum absolute atomic E-state index is 0.731. The van der Waals surface area contributed by atoms with E-state index in [9.17, 15) is 0 Å². The summed E-state index contributed by atoms with van der Waals surface area (Å²) in [5.74, 6) is 1.76. The van der Waals surface area contributed by atoms with Crippen molar-refractivity contribution >= 4 is 0 Å². The average Bonchev–Trinajstić information content (AvgIpc) is 2.40. The lowest BCUT2D eigenvalue weighted by molar-refractivity contribution is 0.234. The molecule has 0 saturated heterocycles. The molecule has 3 nitrogen and oxygen atoms in total. The van der Waals surface area contributed by atoms with Crippen LogP contribution in [0.4, 0.5) is 0 Å². The van der Waals surface area contributed by atoms with Crippen LogP contribution < -0.4 is 9.47 Å². The molecule has 0 unspecified atom stereocenters. The summed E-state index contributed by atoms with van der Waals surface area (Å²) in [6.07, 6.45) is 3.86. The quantitative estimate of drug-likeness (QED) is 0.629. The van der Waals surface area contributed by atoms with Gasteiger partial charge in [0.15, 0.2) is 0 Å². The molecular formula is C15H25NO2. The zero-order chi connectivity index (χ0) is 13.2. The third-order valence-corrected chi connectivity index (χ3v) is 2.94. The van der Waals surface area contributed by atoms with E-state index in [4.69, 9.17) is 9.47 Å². The summed E-state index contributed by atoms with van der Waals surface area (Å²) in [6.45, 7) is 5.08. The third-order valence-electron chi connectivity index (χ3n) is 2.94. The Morgan fingerprint density at radius 1 is 1.00 bits per heavy atom. The van der Waals surface area contributed by atoms with E-state index < -0.39 is 0 Å².